The number of hydrogen-bond donors (Lipinski definition) is 2. The second-order valence-electron chi connectivity index (χ2n) is 6.59. The van der Waals surface area contributed by atoms with Crippen molar-refractivity contribution in [1.82, 2.24) is 19.5 Å². The number of nitrogen functional groups attached to an aromatic ring is 1. The van der Waals surface area contributed by atoms with Crippen molar-refractivity contribution in [2.45, 2.75) is 38.4 Å². The molecule has 0 radical (unpaired) electrons. The number of hydrogen-bond acceptors (Lipinski definition) is 10. The van der Waals surface area contributed by atoms with Crippen LogP contribution in [0, 0.1) is 0 Å². The van der Waals surface area contributed by atoms with E-state index in [1.165, 1.54) is 6.33 Å². The average Bonchev–Trinajstić information content (AvgIpc) is 3.31. The highest BCUT2D eigenvalue weighted by Gasteiger charge is 2.38. The summed E-state index contributed by atoms with van der Waals surface area (Å²) in [4.78, 5) is 13.0. The number of imidazole rings is 1. The van der Waals surface area contributed by atoms with Crippen molar-refractivity contribution in [3.05, 3.63) is 6.33 Å². The first-order valence-electron chi connectivity index (χ1n) is 9.78. The Labute approximate surface area is 169 Å². The zero-order valence-electron chi connectivity index (χ0n) is 17.2. The summed E-state index contributed by atoms with van der Waals surface area (Å²) in [5.41, 5.74) is 7.10. The number of nitrogens with two attached hydrogens (primary N) is 1. The van der Waals surface area contributed by atoms with Crippen molar-refractivity contribution in [3.8, 4) is 0 Å². The molecule has 3 rings (SSSR count). The van der Waals surface area contributed by atoms with Crippen LogP contribution in [-0.2, 0) is 23.7 Å². The maximum atomic E-state index is 6.02. The predicted molar refractivity (Wildman–Crippen MR) is 106 cm³/mol. The van der Waals surface area contributed by atoms with Crippen molar-refractivity contribution < 1.29 is 23.7 Å². The molecule has 1 aliphatic rings. The van der Waals surface area contributed by atoms with E-state index in [-0.39, 0.29) is 12.3 Å². The van der Waals surface area contributed by atoms with Crippen LogP contribution in [0.3, 0.4) is 0 Å². The normalized spacial score (nSPS) is 21.8. The fraction of sp³-hybridized carbons (Fsp3) is 0.722. The summed E-state index contributed by atoms with van der Waals surface area (Å²) in [6, 6.07) is 0. The highest BCUT2D eigenvalue weighted by atomic mass is 16.7. The first-order chi connectivity index (χ1) is 14.2. The molecule has 1 saturated heterocycles. The van der Waals surface area contributed by atoms with E-state index in [0.29, 0.717) is 55.7 Å². The Morgan fingerprint density at radius 3 is 2.66 bits per heavy atom. The Morgan fingerprint density at radius 2 is 1.97 bits per heavy atom. The molecule has 3 N–H and O–H groups in total. The van der Waals surface area contributed by atoms with Crippen LogP contribution >= 0.6 is 0 Å². The van der Waals surface area contributed by atoms with E-state index in [0.717, 1.165) is 13.0 Å². The fourth-order valence-corrected chi connectivity index (χ4v) is 3.21. The third kappa shape index (κ3) is 5.11. The number of ether oxygens (including phenoxy) is 5. The minimum absolute atomic E-state index is 0.194. The molecule has 1 fully saturated rings. The van der Waals surface area contributed by atoms with Gasteiger partial charge in [-0.2, -0.15) is 0 Å². The number of aromatic nitrogens is 4. The van der Waals surface area contributed by atoms with Gasteiger partial charge >= 0.3 is 0 Å². The lowest BCUT2D eigenvalue weighted by molar-refractivity contribution is -0.165. The van der Waals surface area contributed by atoms with Gasteiger partial charge in [0.15, 0.2) is 23.3 Å². The smallest absolute Gasteiger partial charge is 0.207 e. The Kier molecular flexibility index (Phi) is 7.95. The number of anilines is 2. The van der Waals surface area contributed by atoms with Crippen LogP contribution in [0.25, 0.3) is 11.2 Å². The van der Waals surface area contributed by atoms with Gasteiger partial charge in [-0.25, -0.2) is 15.0 Å². The number of fused-ring (bicyclic) bond motifs is 1. The first kappa shape index (κ1) is 21.7. The van der Waals surface area contributed by atoms with Crippen LogP contribution in [0.15, 0.2) is 6.33 Å². The molecule has 162 valence electrons. The zero-order valence-corrected chi connectivity index (χ0v) is 17.2. The van der Waals surface area contributed by atoms with Gasteiger partial charge in [0.05, 0.1) is 19.8 Å². The van der Waals surface area contributed by atoms with Gasteiger partial charge in [-0.15, -0.1) is 0 Å². The topological polar surface area (TPSA) is 128 Å². The Balaban J connectivity index is 1.69. The predicted octanol–water partition coefficient (Wildman–Crippen LogP) is 1.17. The highest BCUT2D eigenvalue weighted by molar-refractivity contribution is 5.84. The van der Waals surface area contributed by atoms with Gasteiger partial charge in [0.25, 0.3) is 0 Å². The van der Waals surface area contributed by atoms with E-state index < -0.39 is 6.29 Å². The lowest BCUT2D eigenvalue weighted by Crippen LogP contribution is -2.24. The monoisotopic (exact) mass is 410 g/mol. The minimum atomic E-state index is -0.471. The average molecular weight is 410 g/mol. The summed E-state index contributed by atoms with van der Waals surface area (Å²) in [6.45, 7) is 5.02. The molecular weight excluding hydrogens is 380 g/mol. The van der Waals surface area contributed by atoms with Crippen molar-refractivity contribution in [2.24, 2.45) is 0 Å². The molecule has 11 heteroatoms. The summed E-state index contributed by atoms with van der Waals surface area (Å²) < 4.78 is 29.7. The van der Waals surface area contributed by atoms with E-state index in [2.05, 4.69) is 27.2 Å². The van der Waals surface area contributed by atoms with E-state index in [1.807, 2.05) is 4.57 Å². The molecule has 11 nitrogen and oxygen atoms in total. The molecule has 2 aromatic rings. The third-order valence-electron chi connectivity index (χ3n) is 4.61. The number of methoxy groups -OCH3 is 2. The summed E-state index contributed by atoms with van der Waals surface area (Å²) in [7, 11) is 3.22. The summed E-state index contributed by atoms with van der Waals surface area (Å²) >= 11 is 0. The molecule has 0 aliphatic carbocycles. The molecule has 2 aromatic heterocycles. The molecule has 0 aromatic carbocycles. The summed E-state index contributed by atoms with van der Waals surface area (Å²) in [5.74, 6) is 0.889. The molecule has 3 atom stereocenters. The molecule has 3 heterocycles. The lowest BCUT2D eigenvalue weighted by Gasteiger charge is -2.17. The van der Waals surface area contributed by atoms with E-state index in [9.17, 15) is 0 Å². The molecule has 0 saturated carbocycles. The zero-order chi connectivity index (χ0) is 20.6. The Morgan fingerprint density at radius 1 is 1.17 bits per heavy atom. The molecule has 0 bridgehead atoms. The van der Waals surface area contributed by atoms with Crippen molar-refractivity contribution in [2.75, 3.05) is 58.2 Å². The van der Waals surface area contributed by atoms with E-state index in [1.54, 1.807) is 14.2 Å². The Hall–Kier alpha value is -2.05. The van der Waals surface area contributed by atoms with Gasteiger partial charge in [-0.3, -0.25) is 4.57 Å². The number of nitrogens with zero attached hydrogens (tertiary/aromatic N) is 4. The molecule has 29 heavy (non-hydrogen) atoms. The van der Waals surface area contributed by atoms with Crippen molar-refractivity contribution in [1.29, 1.82) is 0 Å². The largest absolute Gasteiger partial charge is 0.382 e. The van der Waals surface area contributed by atoms with Crippen molar-refractivity contribution >= 4 is 22.9 Å². The quantitative estimate of drug-likeness (QED) is 0.492. The van der Waals surface area contributed by atoms with Crippen molar-refractivity contribution in [3.63, 3.8) is 0 Å². The van der Waals surface area contributed by atoms with Crippen LogP contribution in [-0.4, -0.2) is 79.1 Å². The maximum absolute atomic E-state index is 6.02. The lowest BCUT2D eigenvalue weighted by atomic mass is 10.2. The maximum Gasteiger partial charge on any atom is 0.207 e. The van der Waals surface area contributed by atoms with E-state index >= 15 is 0 Å². The summed E-state index contributed by atoms with van der Waals surface area (Å²) in [6.07, 6.45) is 1.97. The van der Waals surface area contributed by atoms with Crippen LogP contribution in [0.5, 0.6) is 0 Å². The van der Waals surface area contributed by atoms with E-state index in [4.69, 9.17) is 29.4 Å². The Bertz CT molecular complexity index is 761. The standard InChI is InChI=1S/C18H30N6O5/c1-4-6-27-8-9-28-7-5-20-18-23-14-15(19)21-11-22-16(14)24(18)13-10-12(25-2)17(26-3)29-13/h11-13,17H,4-10H2,1-3H3,(H,20,23)(H2,19,21,22). The van der Waals surface area contributed by atoms with Gasteiger partial charge in [-0.05, 0) is 6.42 Å². The van der Waals surface area contributed by atoms with Gasteiger partial charge in [0.2, 0.25) is 5.95 Å². The van der Waals surface area contributed by atoms with Crippen LogP contribution in [0.1, 0.15) is 26.0 Å². The second kappa shape index (κ2) is 10.6. The van der Waals surface area contributed by atoms with Gasteiger partial charge < -0.3 is 34.7 Å². The number of nitrogens with one attached hydrogen (secondary N) is 1. The second-order valence-corrected chi connectivity index (χ2v) is 6.59. The van der Waals surface area contributed by atoms with Gasteiger partial charge in [0, 0.05) is 33.8 Å². The minimum Gasteiger partial charge on any atom is -0.382 e. The first-order valence-corrected chi connectivity index (χ1v) is 9.78. The SMILES string of the molecule is CCCOCCOCCNc1nc2c(N)ncnc2n1C1CC(OC)C(OC)O1. The molecule has 0 spiro atoms. The third-order valence-corrected chi connectivity index (χ3v) is 4.61. The van der Waals surface area contributed by atoms with Crippen LogP contribution < -0.4 is 11.1 Å². The van der Waals surface area contributed by atoms with Gasteiger partial charge in [-0.1, -0.05) is 6.92 Å². The summed E-state index contributed by atoms with van der Waals surface area (Å²) in [5, 5.41) is 3.28. The fourth-order valence-electron chi connectivity index (χ4n) is 3.21. The molecule has 3 unspecified atom stereocenters. The van der Waals surface area contributed by atoms with Crippen LogP contribution in [0.2, 0.25) is 0 Å². The molecular formula is C18H30N6O5. The molecule has 1 aliphatic heterocycles. The molecule has 0 amide bonds. The van der Waals surface area contributed by atoms with Gasteiger partial charge in [0.1, 0.15) is 18.7 Å². The highest BCUT2D eigenvalue weighted by Crippen LogP contribution is 2.35. The number of rotatable bonds is 12. The van der Waals surface area contributed by atoms with Crippen LogP contribution in [0.4, 0.5) is 11.8 Å².